The molecule has 2 atom stereocenters. The Morgan fingerprint density at radius 1 is 1.03 bits per heavy atom. The van der Waals surface area contributed by atoms with Gasteiger partial charge in [-0.15, -0.1) is 0 Å². The van der Waals surface area contributed by atoms with E-state index in [4.69, 9.17) is 4.74 Å². The summed E-state index contributed by atoms with van der Waals surface area (Å²) in [6.45, 7) is 9.50. The molecule has 0 unspecified atom stereocenters. The van der Waals surface area contributed by atoms with Crippen LogP contribution in [0.15, 0.2) is 9.67 Å². The molecule has 1 aliphatic rings. The summed E-state index contributed by atoms with van der Waals surface area (Å²) in [5, 5.41) is 10.8. The third-order valence-electron chi connectivity index (χ3n) is 6.83. The Balaban J connectivity index is 2.70. The zero-order chi connectivity index (χ0) is 22.2. The summed E-state index contributed by atoms with van der Waals surface area (Å²) < 4.78 is 12.7. The molecule has 0 radical (unpaired) electrons. The normalized spacial score (nSPS) is 18.5. The third-order valence-corrected chi connectivity index (χ3v) is 26.4. The number of hydrogen-bond acceptors (Lipinski definition) is 4. The number of thioether (sulfide) groups is 2. The second kappa shape index (κ2) is 17.6. The van der Waals surface area contributed by atoms with E-state index in [0.717, 1.165) is 19.3 Å². The van der Waals surface area contributed by atoms with E-state index >= 15 is 0 Å². The summed E-state index contributed by atoms with van der Waals surface area (Å²) in [5.41, 5.74) is 0. The maximum absolute atomic E-state index is 10.8. The van der Waals surface area contributed by atoms with Gasteiger partial charge in [-0.2, -0.15) is 0 Å². The van der Waals surface area contributed by atoms with E-state index in [1.807, 2.05) is 23.5 Å². The predicted molar refractivity (Wildman–Crippen MR) is 143 cm³/mol. The van der Waals surface area contributed by atoms with Gasteiger partial charge in [0.25, 0.3) is 0 Å². The molecule has 178 valence electrons. The van der Waals surface area contributed by atoms with Crippen LogP contribution < -0.4 is 0 Å². The van der Waals surface area contributed by atoms with E-state index in [1.54, 1.807) is 10.7 Å². The monoisotopic (exact) mass is 566 g/mol. The third kappa shape index (κ3) is 10.9. The molecular formula is C25H50O2S2Sn. The summed E-state index contributed by atoms with van der Waals surface area (Å²) in [7, 11) is 1.77. The Morgan fingerprint density at radius 3 is 2.03 bits per heavy atom. The fourth-order valence-corrected chi connectivity index (χ4v) is 23.6. The van der Waals surface area contributed by atoms with Crippen molar-refractivity contribution in [2.75, 3.05) is 18.6 Å². The van der Waals surface area contributed by atoms with Crippen LogP contribution in [0.1, 0.15) is 91.9 Å². The Labute approximate surface area is 201 Å². The minimum absolute atomic E-state index is 0.0182. The summed E-state index contributed by atoms with van der Waals surface area (Å²) in [4.78, 5) is 0. The first kappa shape index (κ1) is 29.2. The van der Waals surface area contributed by atoms with Crippen molar-refractivity contribution >= 4 is 41.9 Å². The fraction of sp³-hybridized carbons (Fsp3) is 0.920. The van der Waals surface area contributed by atoms with E-state index in [2.05, 4.69) is 33.8 Å². The fourth-order valence-electron chi connectivity index (χ4n) is 4.66. The summed E-state index contributed by atoms with van der Waals surface area (Å²) >= 11 is 1.84. The van der Waals surface area contributed by atoms with Crippen molar-refractivity contribution in [1.29, 1.82) is 0 Å². The van der Waals surface area contributed by atoms with Gasteiger partial charge in [0.15, 0.2) is 0 Å². The Hall–Kier alpha value is 1.16. The molecule has 1 heterocycles. The predicted octanol–water partition coefficient (Wildman–Crippen LogP) is 8.06. The molecule has 1 aliphatic heterocycles. The van der Waals surface area contributed by atoms with Crippen LogP contribution in [0, 0.1) is 0 Å². The molecule has 1 saturated heterocycles. The first-order valence-corrected chi connectivity index (χ1v) is 22.2. The van der Waals surface area contributed by atoms with Crippen LogP contribution in [-0.2, 0) is 4.74 Å². The summed E-state index contributed by atoms with van der Waals surface area (Å²) in [5.74, 6) is 2.52. The van der Waals surface area contributed by atoms with Gasteiger partial charge in [0.1, 0.15) is 0 Å². The van der Waals surface area contributed by atoms with Crippen molar-refractivity contribution in [1.82, 2.24) is 0 Å². The second-order valence-electron chi connectivity index (χ2n) is 9.16. The molecular weight excluding hydrogens is 515 g/mol. The molecule has 0 aromatic carbocycles. The molecule has 0 saturated carbocycles. The molecule has 2 nitrogen and oxygen atoms in total. The number of unbranched alkanes of at least 4 members (excludes halogenated alkanes) is 3. The average molecular weight is 566 g/mol. The topological polar surface area (TPSA) is 29.5 Å². The molecule has 0 spiro atoms. The van der Waals surface area contributed by atoms with Gasteiger partial charge in [-0.3, -0.25) is 0 Å². The molecule has 0 aromatic heterocycles. The Bertz CT molecular complexity index is 431. The van der Waals surface area contributed by atoms with Crippen molar-refractivity contribution in [2.24, 2.45) is 0 Å². The van der Waals surface area contributed by atoms with Crippen LogP contribution in [0.2, 0.25) is 13.3 Å². The first-order valence-electron chi connectivity index (χ1n) is 12.6. The SMILES string of the molecule is CCC[CH2][Sn]([CH2]CCC)([CH2]CCC)/[C](C)=C/CC[C@H](O)[C@H](CC1SCCCS1)OC. The minimum atomic E-state index is -2.25. The molecule has 0 aromatic rings. The number of allylic oxidation sites excluding steroid dienone is 2. The van der Waals surface area contributed by atoms with Gasteiger partial charge >= 0.3 is 202 Å². The number of ether oxygens (including phenoxy) is 1. The van der Waals surface area contributed by atoms with Gasteiger partial charge in [-0.25, -0.2) is 0 Å². The Morgan fingerprint density at radius 2 is 1.57 bits per heavy atom. The van der Waals surface area contributed by atoms with Crippen molar-refractivity contribution in [2.45, 2.75) is 122 Å². The van der Waals surface area contributed by atoms with Crippen LogP contribution in [0.3, 0.4) is 0 Å². The summed E-state index contributed by atoms with van der Waals surface area (Å²) in [6, 6.07) is 0. The first-order chi connectivity index (χ1) is 14.5. The summed E-state index contributed by atoms with van der Waals surface area (Å²) in [6.07, 6.45) is 14.6. The van der Waals surface area contributed by atoms with Crippen molar-refractivity contribution in [3.63, 3.8) is 0 Å². The number of methoxy groups -OCH3 is 1. The number of hydrogen-bond donors (Lipinski definition) is 1. The van der Waals surface area contributed by atoms with E-state index in [1.165, 1.54) is 69.8 Å². The van der Waals surface area contributed by atoms with Crippen molar-refractivity contribution in [3.05, 3.63) is 9.67 Å². The number of rotatable bonds is 17. The van der Waals surface area contributed by atoms with E-state index in [9.17, 15) is 5.11 Å². The zero-order valence-electron chi connectivity index (χ0n) is 20.6. The quantitative estimate of drug-likeness (QED) is 0.181. The van der Waals surface area contributed by atoms with E-state index < -0.39 is 18.4 Å². The van der Waals surface area contributed by atoms with Gasteiger partial charge in [0, 0.05) is 0 Å². The van der Waals surface area contributed by atoms with Crippen LogP contribution >= 0.6 is 23.5 Å². The van der Waals surface area contributed by atoms with Gasteiger partial charge in [0.2, 0.25) is 0 Å². The van der Waals surface area contributed by atoms with Crippen LogP contribution in [0.5, 0.6) is 0 Å². The second-order valence-corrected chi connectivity index (χ2v) is 25.9. The molecule has 1 fully saturated rings. The van der Waals surface area contributed by atoms with Crippen molar-refractivity contribution in [3.8, 4) is 0 Å². The van der Waals surface area contributed by atoms with Crippen LogP contribution in [0.4, 0.5) is 0 Å². The zero-order valence-corrected chi connectivity index (χ0v) is 25.1. The molecule has 0 aliphatic carbocycles. The average Bonchev–Trinajstić information content (AvgIpc) is 2.77. The number of aliphatic hydroxyl groups excluding tert-OH is 1. The van der Waals surface area contributed by atoms with E-state index in [0.29, 0.717) is 4.58 Å². The van der Waals surface area contributed by atoms with Gasteiger partial charge in [-0.05, 0) is 0 Å². The van der Waals surface area contributed by atoms with Gasteiger partial charge in [0.05, 0.1) is 0 Å². The molecule has 5 heteroatoms. The molecule has 30 heavy (non-hydrogen) atoms. The van der Waals surface area contributed by atoms with E-state index in [-0.39, 0.29) is 12.2 Å². The van der Waals surface area contributed by atoms with Crippen LogP contribution in [-0.4, -0.2) is 58.9 Å². The molecule has 1 rings (SSSR count). The van der Waals surface area contributed by atoms with Gasteiger partial charge < -0.3 is 0 Å². The number of aliphatic hydroxyl groups is 1. The Kier molecular flexibility index (Phi) is 17.1. The molecule has 0 bridgehead atoms. The van der Waals surface area contributed by atoms with Gasteiger partial charge in [-0.1, -0.05) is 0 Å². The molecule has 0 amide bonds. The van der Waals surface area contributed by atoms with Crippen molar-refractivity contribution < 1.29 is 9.84 Å². The van der Waals surface area contributed by atoms with Crippen LogP contribution in [0.25, 0.3) is 0 Å². The standard InChI is InChI=1S/C13H23O2S2.3C4H9.Sn/c1-3-4-5-7-11(14)12(15-2)10-13-16-8-6-9-17-13;3*1-3-4-2;/h4,11-14H,5-10H2,1-2H3;3*1,3-4H2,2H3;/t11-,12-;;;;/m0..../s1. The molecule has 1 N–H and O–H groups in total. The maximum atomic E-state index is 10.8.